The van der Waals surface area contributed by atoms with Crippen LogP contribution in [0.1, 0.15) is 24.1 Å². The maximum atomic E-state index is 13.2. The number of nitrogens with one attached hydrogen (secondary N) is 2. The van der Waals surface area contributed by atoms with Gasteiger partial charge in [0.05, 0.1) is 11.6 Å². The van der Waals surface area contributed by atoms with Crippen molar-refractivity contribution in [3.8, 4) is 0 Å². The quantitative estimate of drug-likeness (QED) is 0.787. The number of hydrogen-bond donors (Lipinski definition) is 2. The van der Waals surface area contributed by atoms with E-state index in [1.54, 1.807) is 0 Å². The predicted octanol–water partition coefficient (Wildman–Crippen LogP) is 2.04. The number of carbonyl (C=O) groups excluding carboxylic acids is 1. The van der Waals surface area contributed by atoms with Crippen molar-refractivity contribution in [2.75, 3.05) is 26.7 Å². The molecular formula is C23H31N5O. The Hall–Kier alpha value is -2.28. The van der Waals surface area contributed by atoms with Crippen LogP contribution in [0.3, 0.4) is 0 Å². The van der Waals surface area contributed by atoms with Crippen molar-refractivity contribution in [1.82, 2.24) is 25.6 Å². The maximum Gasteiger partial charge on any atom is 0.228 e. The summed E-state index contributed by atoms with van der Waals surface area (Å²) in [5, 5.41) is 0. The van der Waals surface area contributed by atoms with E-state index in [4.69, 9.17) is 0 Å². The van der Waals surface area contributed by atoms with E-state index in [0.717, 1.165) is 43.7 Å². The van der Waals surface area contributed by atoms with Crippen LogP contribution in [0.25, 0.3) is 0 Å². The number of rotatable bonds is 6. The summed E-state index contributed by atoms with van der Waals surface area (Å²) in [6.45, 7) is 4.32. The Morgan fingerprint density at radius 1 is 1.21 bits per heavy atom. The summed E-state index contributed by atoms with van der Waals surface area (Å²) >= 11 is 0. The zero-order chi connectivity index (χ0) is 20.1. The van der Waals surface area contributed by atoms with Gasteiger partial charge in [-0.05, 0) is 43.0 Å². The summed E-state index contributed by atoms with van der Waals surface area (Å²) in [6, 6.07) is 16.5. The highest BCUT2D eigenvalue weighted by Gasteiger charge is 2.40. The molecule has 2 saturated heterocycles. The molecule has 154 valence electrons. The first-order valence-electron chi connectivity index (χ1n) is 10.6. The molecule has 0 spiro atoms. The largest absolute Gasteiger partial charge is 0.341 e. The third-order valence-corrected chi connectivity index (χ3v) is 6.14. The molecule has 4 rings (SSSR count). The molecule has 3 unspecified atom stereocenters. The molecule has 1 amide bonds. The molecule has 29 heavy (non-hydrogen) atoms. The lowest BCUT2D eigenvalue weighted by atomic mass is 9.83. The van der Waals surface area contributed by atoms with Gasteiger partial charge in [0.1, 0.15) is 0 Å². The second-order valence-electron chi connectivity index (χ2n) is 8.30. The molecule has 2 fully saturated rings. The molecule has 2 aliphatic rings. The Morgan fingerprint density at radius 3 is 2.83 bits per heavy atom. The van der Waals surface area contributed by atoms with Crippen LogP contribution in [-0.4, -0.2) is 53.4 Å². The van der Waals surface area contributed by atoms with Gasteiger partial charge in [0.25, 0.3) is 0 Å². The van der Waals surface area contributed by atoms with E-state index < -0.39 is 0 Å². The lowest BCUT2D eigenvalue weighted by Gasteiger charge is -2.37. The molecule has 2 aromatic rings. The van der Waals surface area contributed by atoms with Crippen LogP contribution in [0.5, 0.6) is 0 Å². The number of hydrazine groups is 1. The molecule has 0 saturated carbocycles. The second-order valence-corrected chi connectivity index (χ2v) is 8.30. The minimum Gasteiger partial charge on any atom is -0.341 e. The Bertz CT molecular complexity index is 784. The van der Waals surface area contributed by atoms with Crippen molar-refractivity contribution in [2.24, 2.45) is 11.8 Å². The standard InChI is InChI=1S/C23H31N5O/c1-27(15-18-8-3-2-4-9-18)23(29)21-14-25-26-22(21)19-10-7-13-28(16-19)17-20-11-5-6-12-24-20/h2-6,8-9,11-12,19,21-22,25-26H,7,10,13-17H2,1H3. The summed E-state index contributed by atoms with van der Waals surface area (Å²) in [6.07, 6.45) is 4.18. The molecule has 3 atom stereocenters. The number of benzene rings is 1. The fourth-order valence-corrected chi connectivity index (χ4v) is 4.67. The summed E-state index contributed by atoms with van der Waals surface area (Å²) in [5.41, 5.74) is 8.95. The zero-order valence-electron chi connectivity index (χ0n) is 17.1. The SMILES string of the molecule is CN(Cc1ccccc1)C(=O)C1CNNC1C1CCCN(Cc2ccccn2)C1. The average Bonchev–Trinajstić information content (AvgIpc) is 3.25. The molecule has 3 heterocycles. The van der Waals surface area contributed by atoms with Gasteiger partial charge in [-0.2, -0.15) is 0 Å². The number of pyridine rings is 1. The molecule has 6 heteroatoms. The van der Waals surface area contributed by atoms with Crippen LogP contribution in [-0.2, 0) is 17.9 Å². The summed E-state index contributed by atoms with van der Waals surface area (Å²) < 4.78 is 0. The fraction of sp³-hybridized carbons (Fsp3) is 0.478. The Balaban J connectivity index is 1.37. The minimum absolute atomic E-state index is 0.0245. The van der Waals surface area contributed by atoms with Gasteiger partial charge in [0.15, 0.2) is 0 Å². The summed E-state index contributed by atoms with van der Waals surface area (Å²) in [4.78, 5) is 22.0. The topological polar surface area (TPSA) is 60.5 Å². The zero-order valence-corrected chi connectivity index (χ0v) is 17.1. The van der Waals surface area contributed by atoms with Crippen molar-refractivity contribution in [3.63, 3.8) is 0 Å². The highest BCUT2D eigenvalue weighted by atomic mass is 16.2. The van der Waals surface area contributed by atoms with Crippen LogP contribution >= 0.6 is 0 Å². The highest BCUT2D eigenvalue weighted by molar-refractivity contribution is 5.80. The monoisotopic (exact) mass is 393 g/mol. The van der Waals surface area contributed by atoms with Crippen LogP contribution in [0.15, 0.2) is 54.7 Å². The number of carbonyl (C=O) groups is 1. The molecule has 2 N–H and O–H groups in total. The van der Waals surface area contributed by atoms with Gasteiger partial charge < -0.3 is 4.90 Å². The van der Waals surface area contributed by atoms with Crippen molar-refractivity contribution >= 4 is 5.91 Å². The molecule has 1 aromatic heterocycles. The summed E-state index contributed by atoms with van der Waals surface area (Å²) in [7, 11) is 1.92. The molecule has 0 aliphatic carbocycles. The van der Waals surface area contributed by atoms with Crippen LogP contribution < -0.4 is 10.9 Å². The van der Waals surface area contributed by atoms with Gasteiger partial charge in [0, 0.05) is 45.5 Å². The molecule has 0 bridgehead atoms. The second kappa shape index (κ2) is 9.48. The molecule has 1 aromatic carbocycles. The lowest BCUT2D eigenvalue weighted by molar-refractivity contribution is -0.135. The first-order valence-corrected chi connectivity index (χ1v) is 10.6. The number of aromatic nitrogens is 1. The van der Waals surface area contributed by atoms with Gasteiger partial charge >= 0.3 is 0 Å². The van der Waals surface area contributed by atoms with Gasteiger partial charge in [-0.15, -0.1) is 0 Å². The number of hydrogen-bond acceptors (Lipinski definition) is 5. The molecule has 6 nitrogen and oxygen atoms in total. The van der Waals surface area contributed by atoms with E-state index in [1.165, 1.54) is 0 Å². The van der Waals surface area contributed by atoms with Crippen LogP contribution in [0, 0.1) is 11.8 Å². The fourth-order valence-electron chi connectivity index (χ4n) is 4.67. The minimum atomic E-state index is -0.0245. The lowest BCUT2D eigenvalue weighted by Crippen LogP contribution is -2.49. The van der Waals surface area contributed by atoms with Gasteiger partial charge in [-0.25, -0.2) is 0 Å². The van der Waals surface area contributed by atoms with Crippen molar-refractivity contribution in [1.29, 1.82) is 0 Å². The van der Waals surface area contributed by atoms with Gasteiger partial charge in [-0.1, -0.05) is 36.4 Å². The first-order chi connectivity index (χ1) is 14.2. The highest BCUT2D eigenvalue weighted by Crippen LogP contribution is 2.27. The van der Waals surface area contributed by atoms with Crippen molar-refractivity contribution in [2.45, 2.75) is 32.0 Å². The van der Waals surface area contributed by atoms with E-state index in [2.05, 4.69) is 38.9 Å². The Kier molecular flexibility index (Phi) is 6.54. The number of piperidine rings is 1. The van der Waals surface area contributed by atoms with Crippen molar-refractivity contribution in [3.05, 3.63) is 66.0 Å². The third-order valence-electron chi connectivity index (χ3n) is 6.14. The smallest absolute Gasteiger partial charge is 0.228 e. The Morgan fingerprint density at radius 2 is 2.03 bits per heavy atom. The predicted molar refractivity (Wildman–Crippen MR) is 114 cm³/mol. The van der Waals surface area contributed by atoms with E-state index in [0.29, 0.717) is 19.0 Å². The van der Waals surface area contributed by atoms with Gasteiger partial charge in [0.2, 0.25) is 5.91 Å². The van der Waals surface area contributed by atoms with E-state index in [1.807, 2.05) is 48.5 Å². The average molecular weight is 394 g/mol. The molecule has 2 aliphatic heterocycles. The summed E-state index contributed by atoms with van der Waals surface area (Å²) in [5.74, 6) is 0.656. The molecular weight excluding hydrogens is 362 g/mol. The molecule has 0 radical (unpaired) electrons. The van der Waals surface area contributed by atoms with Crippen LogP contribution in [0.4, 0.5) is 0 Å². The maximum absolute atomic E-state index is 13.2. The Labute approximate surface area is 173 Å². The third kappa shape index (κ3) is 5.01. The van der Waals surface area contributed by atoms with Crippen LogP contribution in [0.2, 0.25) is 0 Å². The van der Waals surface area contributed by atoms with E-state index in [-0.39, 0.29) is 17.9 Å². The van der Waals surface area contributed by atoms with Crippen molar-refractivity contribution < 1.29 is 4.79 Å². The normalized spacial score (nSPS) is 25.1. The van der Waals surface area contributed by atoms with Gasteiger partial charge in [-0.3, -0.25) is 25.5 Å². The number of nitrogens with zero attached hydrogens (tertiary/aromatic N) is 3. The number of likely N-dealkylation sites (tertiary alicyclic amines) is 1. The van der Waals surface area contributed by atoms with E-state index in [9.17, 15) is 4.79 Å². The van der Waals surface area contributed by atoms with E-state index >= 15 is 0 Å². The first kappa shape index (κ1) is 20.0. The number of amides is 1.